The third-order valence-electron chi connectivity index (χ3n) is 15.4. The maximum Gasteiger partial charge on any atom is 0.305 e. The number of hydrogen-bond acceptors (Lipinski definition) is 9. The molecule has 0 spiro atoms. The largest absolute Gasteiger partial charge is 0.481 e. The highest BCUT2D eigenvalue weighted by molar-refractivity contribution is 5.89. The second kappa shape index (κ2) is 24.4. The number of nitrogens with zero attached hydrogens (tertiary/aromatic N) is 5. The number of benzene rings is 3. The molecular weight excluding hydrogens is 935 g/mol. The van der Waals surface area contributed by atoms with E-state index in [0.29, 0.717) is 53.8 Å². The number of fused-ring (bicyclic) bond motifs is 1. The van der Waals surface area contributed by atoms with Crippen molar-refractivity contribution in [2.75, 3.05) is 24.5 Å². The number of anilines is 1. The Labute approximate surface area is 435 Å². The van der Waals surface area contributed by atoms with Crippen molar-refractivity contribution in [2.24, 2.45) is 35.5 Å². The Bertz CT molecular complexity index is 2860. The Hall–Kier alpha value is -6.90. The predicted octanol–water partition coefficient (Wildman–Crippen LogP) is 9.47. The molecule has 3 aromatic carbocycles. The van der Waals surface area contributed by atoms with Gasteiger partial charge in [0.25, 0.3) is 5.56 Å². The second-order valence-corrected chi connectivity index (χ2v) is 21.7. The molecule has 3 amide bonds. The van der Waals surface area contributed by atoms with Crippen LogP contribution in [0.5, 0.6) is 0 Å². The minimum absolute atomic E-state index is 0.0443. The number of aryl methyl sites for hydroxylation is 2. The monoisotopic (exact) mass is 1010 g/mol. The average Bonchev–Trinajstić information content (AvgIpc) is 3.35. The highest BCUT2D eigenvalue weighted by Gasteiger charge is 2.42. The van der Waals surface area contributed by atoms with Crippen molar-refractivity contribution in [2.45, 2.75) is 131 Å². The fourth-order valence-corrected chi connectivity index (χ4v) is 11.9. The van der Waals surface area contributed by atoms with Gasteiger partial charge in [-0.3, -0.25) is 38.3 Å². The van der Waals surface area contributed by atoms with Crippen molar-refractivity contribution in [1.82, 2.24) is 30.1 Å². The smallest absolute Gasteiger partial charge is 0.305 e. The fourth-order valence-electron chi connectivity index (χ4n) is 11.9. The lowest BCUT2D eigenvalue weighted by Gasteiger charge is -2.47. The first-order chi connectivity index (χ1) is 35.3. The molecule has 4 N–H and O–H groups in total. The first-order valence-corrected chi connectivity index (χ1v) is 26.5. The lowest BCUT2D eigenvalue weighted by Crippen LogP contribution is -2.55. The van der Waals surface area contributed by atoms with Crippen LogP contribution in [-0.2, 0) is 24.0 Å². The Balaban J connectivity index is 1.05. The van der Waals surface area contributed by atoms with Crippen molar-refractivity contribution in [1.29, 1.82) is 0 Å². The first-order valence-electron chi connectivity index (χ1n) is 26.5. The maximum absolute atomic E-state index is 14.6. The van der Waals surface area contributed by atoms with E-state index in [0.717, 1.165) is 60.3 Å². The van der Waals surface area contributed by atoms with E-state index >= 15 is 0 Å². The normalized spacial score (nSPS) is 19.2. The lowest BCUT2D eigenvalue weighted by molar-refractivity contribution is -0.146. The summed E-state index contributed by atoms with van der Waals surface area (Å²) < 4.78 is 1.36. The van der Waals surface area contributed by atoms with E-state index in [1.54, 1.807) is 41.6 Å². The highest BCUT2D eigenvalue weighted by Crippen LogP contribution is 2.42. The third-order valence-corrected chi connectivity index (χ3v) is 15.4. The summed E-state index contributed by atoms with van der Waals surface area (Å²) in [4.78, 5) is 94.1. The zero-order chi connectivity index (χ0) is 53.4. The lowest BCUT2D eigenvalue weighted by atomic mass is 9.68. The quantitative estimate of drug-likeness (QED) is 0.0545. The zero-order valence-corrected chi connectivity index (χ0v) is 44.3. The molecular formula is C59H75N7O8. The Morgan fingerprint density at radius 1 is 0.757 bits per heavy atom. The molecule has 3 unspecified atom stereocenters. The number of carboxylic acid groups (broad SMARTS) is 2. The van der Waals surface area contributed by atoms with Crippen LogP contribution in [0.1, 0.15) is 133 Å². The van der Waals surface area contributed by atoms with Gasteiger partial charge in [0.1, 0.15) is 12.1 Å². The molecule has 4 heterocycles. The molecule has 2 aliphatic heterocycles. The van der Waals surface area contributed by atoms with Crippen molar-refractivity contribution in [3.63, 3.8) is 0 Å². The summed E-state index contributed by atoms with van der Waals surface area (Å²) >= 11 is 0. The van der Waals surface area contributed by atoms with Gasteiger partial charge in [0.05, 0.1) is 42.2 Å². The fraction of sp³-hybridized carbons (Fsp3) is 0.492. The number of aliphatic carboxylic acids is 2. The molecule has 2 saturated heterocycles. The third kappa shape index (κ3) is 13.1. The van der Waals surface area contributed by atoms with Crippen LogP contribution in [0, 0.1) is 49.4 Å². The van der Waals surface area contributed by atoms with E-state index in [-0.39, 0.29) is 59.8 Å². The standard InChI is InChI=1S/C59H75N7O8/c1-9-45(41-20-21-53(67)65(33-41)51(24-35(2)3)57(72)63-50(29-55(70)71)42-26-43(31-60-30-42)56-37(6)14-12-15-38(56)7)46-22-23-64(32-39(46)8)44-17-13-16-40(27-44)49(28-54(68)69)62-58(73)52(25-36(4)5)66-34-61-48-19-11-10-18-47(48)59(66)74/h10-19,26-27,30-31,34-36,39,41,45-46,49-52H,9,20-25,28-29,32-33H2,1-8H3,(H,62,73)(H,63,72)(H,68,69)(H,70,71)/t39-,41?,45?,46?,49-,50-,51+,52-/m0/s1. The summed E-state index contributed by atoms with van der Waals surface area (Å²) in [6.45, 7) is 18.4. The first kappa shape index (κ1) is 54.9. The van der Waals surface area contributed by atoms with E-state index in [1.165, 1.54) is 10.9 Å². The van der Waals surface area contributed by atoms with Crippen LogP contribution < -0.4 is 21.1 Å². The number of pyridine rings is 1. The van der Waals surface area contributed by atoms with Gasteiger partial charge in [0, 0.05) is 49.7 Å². The van der Waals surface area contributed by atoms with Crippen LogP contribution in [0.4, 0.5) is 5.69 Å². The average molecular weight is 1010 g/mol. The molecule has 2 fully saturated rings. The van der Waals surface area contributed by atoms with Crippen LogP contribution in [0.15, 0.2) is 96.3 Å². The maximum atomic E-state index is 14.6. The van der Waals surface area contributed by atoms with Crippen LogP contribution in [0.25, 0.3) is 22.0 Å². The van der Waals surface area contributed by atoms with Crippen LogP contribution in [0.2, 0.25) is 0 Å². The molecule has 7 rings (SSSR count). The van der Waals surface area contributed by atoms with Crippen molar-refractivity contribution < 1.29 is 34.2 Å². The van der Waals surface area contributed by atoms with E-state index in [2.05, 4.69) is 39.3 Å². The molecule has 0 bridgehead atoms. The molecule has 15 nitrogen and oxygen atoms in total. The van der Waals surface area contributed by atoms with E-state index < -0.39 is 42.0 Å². The number of likely N-dealkylation sites (tertiary alicyclic amines) is 1. The van der Waals surface area contributed by atoms with Gasteiger partial charge in [-0.05, 0) is 133 Å². The van der Waals surface area contributed by atoms with E-state index in [9.17, 15) is 39.0 Å². The number of carbonyl (C=O) groups is 5. The SMILES string of the molecule is CCC(C1CCC(=O)N([C@H](CC(C)C)C(=O)N[C@@H](CC(=O)O)c2cncc(-c3c(C)cccc3C)c2)C1)C1CCN(c2cccc([C@H](CC(=O)O)NC(=O)[C@H](CC(C)C)n3cnc4ccccc4c3=O)c2)C[C@@H]1C. The number of carbonyl (C=O) groups excluding carboxylic acids is 3. The van der Waals surface area contributed by atoms with Gasteiger partial charge in [0.2, 0.25) is 17.7 Å². The molecule has 2 aromatic heterocycles. The van der Waals surface area contributed by atoms with Gasteiger partial charge in [-0.2, -0.15) is 0 Å². The summed E-state index contributed by atoms with van der Waals surface area (Å²) in [5, 5.41) is 26.6. The number of rotatable bonds is 21. The van der Waals surface area contributed by atoms with Crippen molar-refractivity contribution >= 4 is 46.3 Å². The number of carboxylic acids is 2. The molecule has 5 aromatic rings. The molecule has 0 radical (unpaired) electrons. The predicted molar refractivity (Wildman–Crippen MR) is 287 cm³/mol. The highest BCUT2D eigenvalue weighted by atomic mass is 16.4. The van der Waals surface area contributed by atoms with Crippen LogP contribution in [0.3, 0.4) is 0 Å². The molecule has 8 atom stereocenters. The van der Waals surface area contributed by atoms with Gasteiger partial charge in [-0.1, -0.05) is 90.4 Å². The molecule has 2 aliphatic rings. The zero-order valence-electron chi connectivity index (χ0n) is 44.3. The second-order valence-electron chi connectivity index (χ2n) is 21.7. The van der Waals surface area contributed by atoms with E-state index in [4.69, 9.17) is 0 Å². The number of amides is 3. The van der Waals surface area contributed by atoms with Gasteiger partial charge in [0.15, 0.2) is 0 Å². The number of para-hydroxylation sites is 1. The Morgan fingerprint density at radius 3 is 2.04 bits per heavy atom. The van der Waals surface area contributed by atoms with Gasteiger partial charge in [-0.15, -0.1) is 0 Å². The number of hydrogen-bond donors (Lipinski definition) is 4. The Morgan fingerprint density at radius 2 is 1.39 bits per heavy atom. The van der Waals surface area contributed by atoms with Gasteiger partial charge < -0.3 is 30.6 Å². The molecule has 0 aliphatic carbocycles. The van der Waals surface area contributed by atoms with Gasteiger partial charge >= 0.3 is 11.9 Å². The van der Waals surface area contributed by atoms with Gasteiger partial charge in [-0.25, -0.2) is 4.98 Å². The molecule has 394 valence electrons. The number of nitrogens with one attached hydrogen (secondary N) is 2. The summed E-state index contributed by atoms with van der Waals surface area (Å²) in [7, 11) is 0. The number of piperidine rings is 2. The molecule has 15 heteroatoms. The topological polar surface area (TPSA) is 204 Å². The summed E-state index contributed by atoms with van der Waals surface area (Å²) in [6.07, 6.45) is 7.66. The van der Waals surface area contributed by atoms with E-state index in [1.807, 2.05) is 90.1 Å². The van der Waals surface area contributed by atoms with Crippen molar-refractivity contribution in [3.8, 4) is 11.1 Å². The summed E-state index contributed by atoms with van der Waals surface area (Å²) in [6, 6.07) is 19.2. The number of aromatic nitrogens is 3. The molecule has 74 heavy (non-hydrogen) atoms. The van der Waals surface area contributed by atoms with Crippen LogP contribution >= 0.6 is 0 Å². The summed E-state index contributed by atoms with van der Waals surface area (Å²) in [5.41, 5.74) is 6.31. The minimum atomic E-state index is -1.07. The summed E-state index contributed by atoms with van der Waals surface area (Å²) in [5.74, 6) is -1.90. The Kier molecular flexibility index (Phi) is 18.1. The van der Waals surface area contributed by atoms with Crippen LogP contribution in [-0.4, -0.2) is 85.0 Å². The minimum Gasteiger partial charge on any atom is -0.481 e. The van der Waals surface area contributed by atoms with Crippen molar-refractivity contribution in [3.05, 3.63) is 124 Å². The molecule has 0 saturated carbocycles.